The van der Waals surface area contributed by atoms with Crippen LogP contribution in [0.4, 0.5) is 0 Å². The van der Waals surface area contributed by atoms with Gasteiger partial charge in [-0.25, -0.2) is 0 Å². The molecule has 0 aliphatic heterocycles. The SMILES string of the molecule is CC(C)(C)C(=O)CNC(=O)c1ccc(C(C)(C)C)cc1. The molecule has 20 heavy (non-hydrogen) atoms. The Bertz CT molecular complexity index is 487. The first-order valence-electron chi connectivity index (χ1n) is 6.94. The van der Waals surface area contributed by atoms with E-state index in [-0.39, 0.29) is 23.7 Å². The van der Waals surface area contributed by atoms with E-state index in [2.05, 4.69) is 26.1 Å². The lowest BCUT2D eigenvalue weighted by Gasteiger charge is -2.19. The molecule has 1 aromatic rings. The Balaban J connectivity index is 2.68. The van der Waals surface area contributed by atoms with Crippen LogP contribution >= 0.6 is 0 Å². The molecule has 110 valence electrons. The van der Waals surface area contributed by atoms with Gasteiger partial charge in [0.25, 0.3) is 5.91 Å². The molecule has 1 aromatic carbocycles. The van der Waals surface area contributed by atoms with Crippen LogP contribution in [0.1, 0.15) is 57.5 Å². The van der Waals surface area contributed by atoms with E-state index in [0.717, 1.165) is 0 Å². The third-order valence-electron chi connectivity index (χ3n) is 3.26. The van der Waals surface area contributed by atoms with E-state index in [1.54, 1.807) is 12.1 Å². The summed E-state index contributed by atoms with van der Waals surface area (Å²) < 4.78 is 0. The van der Waals surface area contributed by atoms with Crippen molar-refractivity contribution in [3.8, 4) is 0 Å². The highest BCUT2D eigenvalue weighted by Crippen LogP contribution is 2.22. The first kappa shape index (κ1) is 16.4. The molecular weight excluding hydrogens is 250 g/mol. The predicted octanol–water partition coefficient (Wildman–Crippen LogP) is 3.33. The van der Waals surface area contributed by atoms with Gasteiger partial charge in [-0.1, -0.05) is 53.7 Å². The van der Waals surface area contributed by atoms with E-state index in [1.807, 2.05) is 32.9 Å². The number of carbonyl (C=O) groups excluding carboxylic acids is 2. The maximum Gasteiger partial charge on any atom is 0.251 e. The maximum atomic E-state index is 12.0. The fourth-order valence-electron chi connectivity index (χ4n) is 1.65. The molecule has 1 amide bonds. The number of Topliss-reactive ketones (excluding diaryl/α,β-unsaturated/α-hetero) is 1. The van der Waals surface area contributed by atoms with Crippen molar-refractivity contribution in [2.45, 2.75) is 47.0 Å². The van der Waals surface area contributed by atoms with Crippen LogP contribution in [0.25, 0.3) is 0 Å². The van der Waals surface area contributed by atoms with Crippen molar-refractivity contribution in [1.29, 1.82) is 0 Å². The van der Waals surface area contributed by atoms with E-state index < -0.39 is 5.41 Å². The lowest BCUT2D eigenvalue weighted by Crippen LogP contribution is -2.35. The van der Waals surface area contributed by atoms with E-state index in [1.165, 1.54) is 5.56 Å². The molecule has 0 saturated carbocycles. The predicted molar refractivity (Wildman–Crippen MR) is 81.9 cm³/mol. The first-order valence-corrected chi connectivity index (χ1v) is 6.94. The molecule has 0 fully saturated rings. The zero-order valence-electron chi connectivity index (χ0n) is 13.3. The number of ketones is 1. The van der Waals surface area contributed by atoms with Gasteiger partial charge in [0.2, 0.25) is 0 Å². The third-order valence-corrected chi connectivity index (χ3v) is 3.26. The van der Waals surface area contributed by atoms with Crippen LogP contribution in [0.15, 0.2) is 24.3 Å². The Morgan fingerprint density at radius 2 is 1.45 bits per heavy atom. The Labute approximate surface area is 121 Å². The number of hydrogen-bond donors (Lipinski definition) is 1. The van der Waals surface area contributed by atoms with Gasteiger partial charge in [-0.2, -0.15) is 0 Å². The molecule has 3 nitrogen and oxygen atoms in total. The lowest BCUT2D eigenvalue weighted by molar-refractivity contribution is -0.125. The molecule has 0 bridgehead atoms. The zero-order valence-corrected chi connectivity index (χ0v) is 13.3. The molecule has 1 rings (SSSR count). The van der Waals surface area contributed by atoms with Crippen molar-refractivity contribution in [3.63, 3.8) is 0 Å². The van der Waals surface area contributed by atoms with Gasteiger partial charge in [0, 0.05) is 11.0 Å². The van der Waals surface area contributed by atoms with Crippen LogP contribution < -0.4 is 5.32 Å². The summed E-state index contributed by atoms with van der Waals surface area (Å²) in [5.41, 5.74) is 1.40. The Morgan fingerprint density at radius 1 is 0.950 bits per heavy atom. The largest absolute Gasteiger partial charge is 0.345 e. The summed E-state index contributed by atoms with van der Waals surface area (Å²) in [5, 5.41) is 2.67. The van der Waals surface area contributed by atoms with Crippen LogP contribution in [-0.4, -0.2) is 18.2 Å². The van der Waals surface area contributed by atoms with Gasteiger partial charge < -0.3 is 5.32 Å². The molecule has 1 N–H and O–H groups in total. The second kappa shape index (κ2) is 5.78. The molecule has 0 saturated heterocycles. The molecule has 0 unspecified atom stereocenters. The lowest BCUT2D eigenvalue weighted by atomic mass is 9.86. The van der Waals surface area contributed by atoms with Crippen LogP contribution in [-0.2, 0) is 10.2 Å². The summed E-state index contributed by atoms with van der Waals surface area (Å²) >= 11 is 0. The van der Waals surface area contributed by atoms with Gasteiger partial charge in [0.05, 0.1) is 6.54 Å². The highest BCUT2D eigenvalue weighted by molar-refractivity contribution is 5.97. The number of benzene rings is 1. The summed E-state index contributed by atoms with van der Waals surface area (Å²) in [7, 11) is 0. The van der Waals surface area contributed by atoms with Crippen molar-refractivity contribution >= 4 is 11.7 Å². The number of nitrogens with one attached hydrogen (secondary N) is 1. The number of rotatable bonds is 3. The summed E-state index contributed by atoms with van der Waals surface area (Å²) in [6.45, 7) is 12.0. The second-order valence-corrected chi connectivity index (χ2v) is 7.18. The first-order chi connectivity index (χ1) is 9.01. The van der Waals surface area contributed by atoms with Crippen LogP contribution in [0, 0.1) is 5.41 Å². The van der Waals surface area contributed by atoms with Crippen LogP contribution in [0.5, 0.6) is 0 Å². The highest BCUT2D eigenvalue weighted by atomic mass is 16.2. The number of carbonyl (C=O) groups is 2. The molecule has 0 aliphatic rings. The van der Waals surface area contributed by atoms with Gasteiger partial charge in [-0.15, -0.1) is 0 Å². The maximum absolute atomic E-state index is 12.0. The molecule has 0 spiro atoms. The van der Waals surface area contributed by atoms with E-state index in [9.17, 15) is 9.59 Å². The minimum absolute atomic E-state index is 0.0251. The van der Waals surface area contributed by atoms with Gasteiger partial charge in [-0.05, 0) is 23.1 Å². The number of amides is 1. The topological polar surface area (TPSA) is 46.2 Å². The van der Waals surface area contributed by atoms with Gasteiger partial charge in [0.15, 0.2) is 5.78 Å². The molecule has 0 aromatic heterocycles. The third kappa shape index (κ3) is 4.48. The second-order valence-electron chi connectivity index (χ2n) is 7.18. The van der Waals surface area contributed by atoms with Crippen molar-refractivity contribution in [2.75, 3.05) is 6.54 Å². The molecule has 3 heteroatoms. The normalized spacial score (nSPS) is 12.1. The summed E-state index contributed by atoms with van der Waals surface area (Å²) in [4.78, 5) is 23.7. The van der Waals surface area contributed by atoms with Gasteiger partial charge in [-0.3, -0.25) is 9.59 Å². The summed E-state index contributed by atoms with van der Waals surface area (Å²) in [6.07, 6.45) is 0. The van der Waals surface area contributed by atoms with Crippen LogP contribution in [0.3, 0.4) is 0 Å². The molecule has 0 atom stereocenters. The van der Waals surface area contributed by atoms with E-state index >= 15 is 0 Å². The average molecular weight is 275 g/mol. The molecule has 0 heterocycles. The fourth-order valence-corrected chi connectivity index (χ4v) is 1.65. The van der Waals surface area contributed by atoms with E-state index in [0.29, 0.717) is 5.56 Å². The smallest absolute Gasteiger partial charge is 0.251 e. The minimum atomic E-state index is -0.427. The quantitative estimate of drug-likeness (QED) is 0.919. The monoisotopic (exact) mass is 275 g/mol. The van der Waals surface area contributed by atoms with Crippen molar-refractivity contribution < 1.29 is 9.59 Å². The highest BCUT2D eigenvalue weighted by Gasteiger charge is 2.21. The standard InChI is InChI=1S/C17H25NO2/c1-16(2,3)13-9-7-12(8-10-13)15(20)18-11-14(19)17(4,5)6/h7-10H,11H2,1-6H3,(H,18,20). The Kier molecular flexibility index (Phi) is 4.74. The van der Waals surface area contributed by atoms with Gasteiger partial charge >= 0.3 is 0 Å². The van der Waals surface area contributed by atoms with Gasteiger partial charge in [0.1, 0.15) is 0 Å². The van der Waals surface area contributed by atoms with E-state index in [4.69, 9.17) is 0 Å². The van der Waals surface area contributed by atoms with Crippen molar-refractivity contribution in [1.82, 2.24) is 5.32 Å². The van der Waals surface area contributed by atoms with Crippen molar-refractivity contribution in [3.05, 3.63) is 35.4 Å². The zero-order chi connectivity index (χ0) is 15.6. The Hall–Kier alpha value is -1.64. The summed E-state index contributed by atoms with van der Waals surface area (Å²) in [6, 6.07) is 7.52. The van der Waals surface area contributed by atoms with Crippen LogP contribution in [0.2, 0.25) is 0 Å². The summed E-state index contributed by atoms with van der Waals surface area (Å²) in [5.74, 6) is -0.180. The Morgan fingerprint density at radius 3 is 1.85 bits per heavy atom. The average Bonchev–Trinajstić information content (AvgIpc) is 2.33. The number of hydrogen-bond acceptors (Lipinski definition) is 2. The molecule has 0 aliphatic carbocycles. The molecule has 0 radical (unpaired) electrons. The van der Waals surface area contributed by atoms with Crippen molar-refractivity contribution in [2.24, 2.45) is 5.41 Å². The minimum Gasteiger partial charge on any atom is -0.345 e. The fraction of sp³-hybridized carbons (Fsp3) is 0.529. The molecular formula is C17H25NO2.